The molecule has 1 radical (unpaired) electrons. The fourth-order valence-corrected chi connectivity index (χ4v) is 0.671. The number of carbonyl (C=O) groups is 1. The van der Waals surface area contributed by atoms with Gasteiger partial charge in [0.1, 0.15) is 0 Å². The number of hydrogen-bond acceptors (Lipinski definition) is 4. The van der Waals surface area contributed by atoms with Crippen molar-refractivity contribution in [2.45, 2.75) is 6.92 Å². The highest BCUT2D eigenvalue weighted by atomic mass is 32.1. The molecule has 0 aromatic carbocycles. The third-order valence-corrected chi connectivity index (χ3v) is 1.35. The summed E-state index contributed by atoms with van der Waals surface area (Å²) in [7, 11) is 0. The van der Waals surface area contributed by atoms with Crippen molar-refractivity contribution in [1.82, 2.24) is 9.36 Å². The molecular formula is C4H3N2OS. The lowest BCUT2D eigenvalue weighted by atomic mass is 10.5. The quantitative estimate of drug-likeness (QED) is 0.517. The molecular weight excluding hydrogens is 124 g/mol. The minimum absolute atomic E-state index is 0.0521. The van der Waals surface area contributed by atoms with E-state index in [-0.39, 0.29) is 5.78 Å². The van der Waals surface area contributed by atoms with Gasteiger partial charge in [0.25, 0.3) is 0 Å². The minimum atomic E-state index is -0.0521. The van der Waals surface area contributed by atoms with Gasteiger partial charge in [-0.1, -0.05) is 0 Å². The number of ketones is 1. The summed E-state index contributed by atoms with van der Waals surface area (Å²) in [6, 6.07) is 0. The highest BCUT2D eigenvalue weighted by Gasteiger charge is 1.99. The number of Topliss-reactive ketones (excluding diaryl/α,β-unsaturated/α-hetero) is 1. The van der Waals surface area contributed by atoms with Gasteiger partial charge in [-0.2, -0.15) is 4.37 Å². The van der Waals surface area contributed by atoms with Crippen LogP contribution in [0.4, 0.5) is 0 Å². The van der Waals surface area contributed by atoms with Crippen LogP contribution in [0.2, 0.25) is 0 Å². The molecule has 0 spiro atoms. The average Bonchev–Trinajstić information content (AvgIpc) is 2.12. The van der Waals surface area contributed by atoms with Crippen LogP contribution in [0, 0.1) is 6.33 Å². The fourth-order valence-electron chi connectivity index (χ4n) is 0.293. The molecule has 0 saturated heterocycles. The molecule has 1 aromatic heterocycles. The van der Waals surface area contributed by atoms with Crippen LogP contribution in [-0.4, -0.2) is 15.1 Å². The Bertz CT molecular complexity index is 182. The van der Waals surface area contributed by atoms with Crippen molar-refractivity contribution in [1.29, 1.82) is 0 Å². The number of carbonyl (C=O) groups excluding carboxylic acids is 1. The first kappa shape index (κ1) is 5.37. The van der Waals surface area contributed by atoms with Crippen LogP contribution in [0.3, 0.4) is 0 Å². The maximum Gasteiger partial charge on any atom is 0.212 e. The standard InChI is InChI=1S/C4H3N2OS/c1-3(7)4-5-2-6-8-4/h1H3. The molecule has 0 aliphatic carbocycles. The molecule has 1 heterocycles. The van der Waals surface area contributed by atoms with Crippen LogP contribution >= 0.6 is 11.5 Å². The number of rotatable bonds is 1. The topological polar surface area (TPSA) is 42.9 Å². The monoisotopic (exact) mass is 127 g/mol. The number of nitrogens with zero attached hydrogens (tertiary/aromatic N) is 2. The van der Waals surface area contributed by atoms with Gasteiger partial charge in [-0.15, -0.1) is 0 Å². The zero-order valence-electron chi connectivity index (χ0n) is 4.21. The van der Waals surface area contributed by atoms with E-state index in [1.54, 1.807) is 0 Å². The molecule has 0 atom stereocenters. The van der Waals surface area contributed by atoms with Gasteiger partial charge in [0, 0.05) is 6.92 Å². The van der Waals surface area contributed by atoms with Crippen LogP contribution in [0.25, 0.3) is 0 Å². The molecule has 0 fully saturated rings. The van der Waals surface area contributed by atoms with E-state index in [4.69, 9.17) is 0 Å². The van der Waals surface area contributed by atoms with E-state index in [9.17, 15) is 4.79 Å². The van der Waals surface area contributed by atoms with E-state index in [2.05, 4.69) is 15.7 Å². The number of hydrogen-bond donors (Lipinski definition) is 0. The van der Waals surface area contributed by atoms with E-state index in [0.717, 1.165) is 11.5 Å². The van der Waals surface area contributed by atoms with Crippen LogP contribution < -0.4 is 0 Å². The lowest BCUT2D eigenvalue weighted by molar-refractivity contribution is 0.101. The zero-order chi connectivity index (χ0) is 5.98. The van der Waals surface area contributed by atoms with Crippen molar-refractivity contribution in [2.24, 2.45) is 0 Å². The highest BCUT2D eigenvalue weighted by Crippen LogP contribution is 1.97. The van der Waals surface area contributed by atoms with Crippen molar-refractivity contribution in [3.05, 3.63) is 11.3 Å². The Hall–Kier alpha value is -0.770. The van der Waals surface area contributed by atoms with Crippen molar-refractivity contribution in [3.8, 4) is 0 Å². The summed E-state index contributed by atoms with van der Waals surface area (Å²) in [6.07, 6.45) is 2.31. The minimum Gasteiger partial charge on any atom is -0.292 e. The van der Waals surface area contributed by atoms with E-state index in [1.165, 1.54) is 6.92 Å². The van der Waals surface area contributed by atoms with Crippen molar-refractivity contribution in [2.75, 3.05) is 0 Å². The van der Waals surface area contributed by atoms with Gasteiger partial charge in [0.2, 0.25) is 6.33 Å². The molecule has 0 aliphatic rings. The van der Waals surface area contributed by atoms with Gasteiger partial charge < -0.3 is 0 Å². The van der Waals surface area contributed by atoms with E-state index >= 15 is 0 Å². The molecule has 1 rings (SSSR count). The molecule has 0 unspecified atom stereocenters. The molecule has 0 aliphatic heterocycles. The van der Waals surface area contributed by atoms with Gasteiger partial charge in [0.05, 0.1) is 0 Å². The van der Waals surface area contributed by atoms with Crippen LogP contribution in [-0.2, 0) is 0 Å². The molecule has 0 amide bonds. The van der Waals surface area contributed by atoms with Crippen LogP contribution in [0.15, 0.2) is 0 Å². The van der Waals surface area contributed by atoms with E-state index < -0.39 is 0 Å². The van der Waals surface area contributed by atoms with E-state index in [0.29, 0.717) is 5.01 Å². The lowest BCUT2D eigenvalue weighted by Gasteiger charge is -1.75. The smallest absolute Gasteiger partial charge is 0.212 e. The molecule has 4 heteroatoms. The molecule has 1 aromatic rings. The first-order valence-electron chi connectivity index (χ1n) is 2.01. The summed E-state index contributed by atoms with van der Waals surface area (Å²) in [5, 5.41) is 0.421. The molecule has 0 saturated carbocycles. The van der Waals surface area contributed by atoms with Gasteiger partial charge >= 0.3 is 0 Å². The summed E-state index contributed by atoms with van der Waals surface area (Å²) >= 11 is 1.06. The largest absolute Gasteiger partial charge is 0.292 e. The van der Waals surface area contributed by atoms with Crippen molar-refractivity contribution >= 4 is 17.3 Å². The zero-order valence-corrected chi connectivity index (χ0v) is 5.03. The van der Waals surface area contributed by atoms with E-state index in [1.807, 2.05) is 0 Å². The summed E-state index contributed by atoms with van der Waals surface area (Å²) in [5.74, 6) is -0.0521. The third kappa shape index (κ3) is 0.894. The Morgan fingerprint density at radius 3 is 2.88 bits per heavy atom. The lowest BCUT2D eigenvalue weighted by Crippen LogP contribution is -1.87. The van der Waals surface area contributed by atoms with Crippen LogP contribution in [0.1, 0.15) is 16.7 Å². The maximum atomic E-state index is 10.4. The Morgan fingerprint density at radius 2 is 2.62 bits per heavy atom. The third-order valence-electron chi connectivity index (χ3n) is 0.626. The van der Waals surface area contributed by atoms with Gasteiger partial charge in [0.15, 0.2) is 10.8 Å². The SMILES string of the molecule is CC(=O)c1n[c]ns1. The first-order chi connectivity index (χ1) is 3.80. The molecule has 0 N–H and O–H groups in total. The predicted octanol–water partition coefficient (Wildman–Crippen LogP) is 0.541. The first-order valence-corrected chi connectivity index (χ1v) is 2.79. The average molecular weight is 127 g/mol. The summed E-state index contributed by atoms with van der Waals surface area (Å²) in [4.78, 5) is 13.9. The summed E-state index contributed by atoms with van der Waals surface area (Å²) < 4.78 is 3.53. The molecule has 0 bridgehead atoms. The van der Waals surface area contributed by atoms with Gasteiger partial charge in [-0.3, -0.25) is 4.79 Å². The van der Waals surface area contributed by atoms with Crippen LogP contribution in [0.5, 0.6) is 0 Å². The predicted molar refractivity (Wildman–Crippen MR) is 28.7 cm³/mol. The maximum absolute atomic E-state index is 10.4. The Kier molecular flexibility index (Phi) is 1.34. The normalized spacial score (nSPS) is 9.12. The summed E-state index contributed by atoms with van der Waals surface area (Å²) in [6.45, 7) is 1.45. The Morgan fingerprint density at radius 1 is 1.88 bits per heavy atom. The number of aromatic nitrogens is 2. The fraction of sp³-hybridized carbons (Fsp3) is 0.250. The van der Waals surface area contributed by atoms with Crippen molar-refractivity contribution in [3.63, 3.8) is 0 Å². The highest BCUT2D eigenvalue weighted by molar-refractivity contribution is 7.07. The Labute approximate surface area is 50.5 Å². The molecule has 41 valence electrons. The van der Waals surface area contributed by atoms with Crippen molar-refractivity contribution < 1.29 is 4.79 Å². The molecule has 3 nitrogen and oxygen atoms in total. The second kappa shape index (κ2) is 2.00. The van der Waals surface area contributed by atoms with Gasteiger partial charge in [-0.05, 0) is 11.5 Å². The summed E-state index contributed by atoms with van der Waals surface area (Å²) in [5.41, 5.74) is 0. The molecule has 8 heavy (non-hydrogen) atoms. The second-order valence-electron chi connectivity index (χ2n) is 1.26. The van der Waals surface area contributed by atoms with Gasteiger partial charge in [-0.25, -0.2) is 4.98 Å². The second-order valence-corrected chi connectivity index (χ2v) is 2.01. The Balaban J connectivity index is 2.93.